The van der Waals surface area contributed by atoms with Gasteiger partial charge in [-0.05, 0) is 81.4 Å². The average Bonchev–Trinajstić information content (AvgIpc) is 2.91. The lowest BCUT2D eigenvalue weighted by Crippen LogP contribution is -2.53. The molecule has 2 aliphatic rings. The van der Waals surface area contributed by atoms with Crippen LogP contribution < -0.4 is 4.74 Å². The van der Waals surface area contributed by atoms with Crippen molar-refractivity contribution in [2.75, 3.05) is 40.8 Å². The summed E-state index contributed by atoms with van der Waals surface area (Å²) in [5, 5.41) is 0. The van der Waals surface area contributed by atoms with E-state index in [0.717, 1.165) is 63.1 Å². The zero-order valence-electron chi connectivity index (χ0n) is 21.2. The Labute approximate surface area is 209 Å². The number of rotatable bonds is 7. The minimum atomic E-state index is -0.0201. The number of likely N-dealkylation sites (N-methyl/N-ethyl adjacent to an activating group) is 2. The fourth-order valence-electron chi connectivity index (χ4n) is 5.61. The fraction of sp³-hybridized carbons (Fsp3) is 0.536. The molecule has 0 bridgehead atoms. The summed E-state index contributed by atoms with van der Waals surface area (Å²) in [6, 6.07) is 11.7. The average molecular weight is 479 g/mol. The number of carbonyl (C=O) groups excluding carboxylic acids is 2. The Balaban J connectivity index is 1.49. The standard InChI is InChI=1S/C28H38N4O3/c1-30-15-5-4-11-25(30)28(34)32-16-12-22(13-17-32)26(19-21-8-6-10-24(18-21)35-3)31(2)27(33)23-9-7-14-29-20-23/h6-10,14,18,20,22,25-26H,4-5,11-13,15-17,19H2,1-3H3/t25-,26-/m0/s1. The third-order valence-electron chi connectivity index (χ3n) is 7.76. The van der Waals surface area contributed by atoms with E-state index in [1.54, 1.807) is 25.6 Å². The second kappa shape index (κ2) is 11.7. The van der Waals surface area contributed by atoms with E-state index in [1.165, 1.54) is 6.42 Å². The van der Waals surface area contributed by atoms with Gasteiger partial charge in [-0.3, -0.25) is 19.5 Å². The zero-order chi connectivity index (χ0) is 24.8. The molecule has 4 rings (SSSR count). The number of hydrogen-bond donors (Lipinski definition) is 0. The van der Waals surface area contributed by atoms with Crippen molar-refractivity contribution in [1.82, 2.24) is 19.7 Å². The van der Waals surface area contributed by atoms with Gasteiger partial charge in [-0.15, -0.1) is 0 Å². The quantitative estimate of drug-likeness (QED) is 0.610. The summed E-state index contributed by atoms with van der Waals surface area (Å²) >= 11 is 0. The van der Waals surface area contributed by atoms with Crippen molar-refractivity contribution in [1.29, 1.82) is 0 Å². The summed E-state index contributed by atoms with van der Waals surface area (Å²) in [6.45, 7) is 2.49. The number of hydrogen-bond acceptors (Lipinski definition) is 5. The lowest BCUT2D eigenvalue weighted by molar-refractivity contribution is -0.139. The molecular formula is C28H38N4O3. The van der Waals surface area contributed by atoms with Crippen LogP contribution in [0.3, 0.4) is 0 Å². The molecule has 35 heavy (non-hydrogen) atoms. The van der Waals surface area contributed by atoms with Crippen LogP contribution in [0.1, 0.15) is 48.0 Å². The van der Waals surface area contributed by atoms with Gasteiger partial charge in [0.05, 0.1) is 18.7 Å². The topological polar surface area (TPSA) is 66.0 Å². The molecule has 3 heterocycles. The van der Waals surface area contributed by atoms with Gasteiger partial charge in [0.2, 0.25) is 5.91 Å². The van der Waals surface area contributed by atoms with Crippen molar-refractivity contribution >= 4 is 11.8 Å². The van der Waals surface area contributed by atoms with Gasteiger partial charge in [-0.25, -0.2) is 0 Å². The van der Waals surface area contributed by atoms with Crippen molar-refractivity contribution in [3.8, 4) is 5.75 Å². The number of piperidine rings is 2. The number of carbonyl (C=O) groups is 2. The number of ether oxygens (including phenoxy) is 1. The van der Waals surface area contributed by atoms with Crippen molar-refractivity contribution in [2.24, 2.45) is 5.92 Å². The predicted molar refractivity (Wildman–Crippen MR) is 136 cm³/mol. The molecule has 2 atom stereocenters. The molecule has 0 spiro atoms. The molecule has 7 heteroatoms. The summed E-state index contributed by atoms with van der Waals surface area (Å²) in [5.41, 5.74) is 1.74. The maximum absolute atomic E-state index is 13.3. The van der Waals surface area contributed by atoms with E-state index in [9.17, 15) is 9.59 Å². The molecule has 2 fully saturated rings. The number of likely N-dealkylation sites (tertiary alicyclic amines) is 2. The number of benzene rings is 1. The molecule has 1 aromatic carbocycles. The van der Waals surface area contributed by atoms with Crippen molar-refractivity contribution in [2.45, 2.75) is 50.6 Å². The first-order valence-electron chi connectivity index (χ1n) is 12.8. The first-order valence-corrected chi connectivity index (χ1v) is 12.8. The third-order valence-corrected chi connectivity index (χ3v) is 7.76. The number of amides is 2. The molecular weight excluding hydrogens is 440 g/mol. The largest absolute Gasteiger partial charge is 0.497 e. The number of methoxy groups -OCH3 is 1. The highest BCUT2D eigenvalue weighted by atomic mass is 16.5. The Kier molecular flexibility index (Phi) is 8.39. The highest BCUT2D eigenvalue weighted by molar-refractivity contribution is 5.94. The van der Waals surface area contributed by atoms with Crippen LogP contribution in [0.15, 0.2) is 48.8 Å². The van der Waals surface area contributed by atoms with E-state index in [-0.39, 0.29) is 23.9 Å². The van der Waals surface area contributed by atoms with Gasteiger partial charge >= 0.3 is 0 Å². The van der Waals surface area contributed by atoms with E-state index in [1.807, 2.05) is 36.2 Å². The van der Waals surface area contributed by atoms with Gasteiger partial charge in [-0.2, -0.15) is 0 Å². The first-order chi connectivity index (χ1) is 17.0. The third kappa shape index (κ3) is 6.01. The lowest BCUT2D eigenvalue weighted by Gasteiger charge is -2.42. The van der Waals surface area contributed by atoms with E-state index in [4.69, 9.17) is 4.74 Å². The zero-order valence-corrected chi connectivity index (χ0v) is 21.2. The fourth-order valence-corrected chi connectivity index (χ4v) is 5.61. The Hall–Kier alpha value is -2.93. The van der Waals surface area contributed by atoms with E-state index >= 15 is 0 Å². The molecule has 188 valence electrons. The molecule has 2 aliphatic heterocycles. The van der Waals surface area contributed by atoms with Gasteiger partial charge < -0.3 is 14.5 Å². The number of aromatic nitrogens is 1. The second-order valence-corrected chi connectivity index (χ2v) is 9.94. The van der Waals surface area contributed by atoms with Crippen molar-refractivity contribution in [3.63, 3.8) is 0 Å². The highest BCUT2D eigenvalue weighted by Crippen LogP contribution is 2.29. The summed E-state index contributed by atoms with van der Waals surface area (Å²) in [4.78, 5) is 36.9. The normalized spacial score (nSPS) is 20.3. The number of nitrogens with zero attached hydrogens (tertiary/aromatic N) is 4. The predicted octanol–water partition coefficient (Wildman–Crippen LogP) is 3.50. The van der Waals surface area contributed by atoms with Crippen LogP contribution in [0.25, 0.3) is 0 Å². The minimum Gasteiger partial charge on any atom is -0.497 e. The summed E-state index contributed by atoms with van der Waals surface area (Å²) in [5.74, 6) is 1.38. The Morgan fingerprint density at radius 3 is 2.60 bits per heavy atom. The maximum Gasteiger partial charge on any atom is 0.255 e. The Morgan fingerprint density at radius 2 is 1.91 bits per heavy atom. The number of pyridine rings is 1. The van der Waals surface area contributed by atoms with Crippen molar-refractivity contribution in [3.05, 3.63) is 59.9 Å². The molecule has 0 unspecified atom stereocenters. The molecule has 0 aliphatic carbocycles. The van der Waals surface area contributed by atoms with Crippen LogP contribution in [0, 0.1) is 5.92 Å². The van der Waals surface area contributed by atoms with Gasteiger partial charge in [0.1, 0.15) is 5.75 Å². The lowest BCUT2D eigenvalue weighted by atomic mass is 9.84. The minimum absolute atomic E-state index is 0.0164. The Bertz CT molecular complexity index is 991. The molecule has 0 saturated carbocycles. The highest BCUT2D eigenvalue weighted by Gasteiger charge is 2.36. The van der Waals surface area contributed by atoms with Crippen LogP contribution in [-0.4, -0.2) is 84.4 Å². The van der Waals surface area contributed by atoms with Gasteiger partial charge in [-0.1, -0.05) is 18.6 Å². The van der Waals surface area contributed by atoms with E-state index in [2.05, 4.69) is 27.9 Å². The van der Waals surface area contributed by atoms with E-state index < -0.39 is 0 Å². The monoisotopic (exact) mass is 478 g/mol. The second-order valence-electron chi connectivity index (χ2n) is 9.94. The molecule has 0 radical (unpaired) electrons. The molecule has 0 N–H and O–H groups in total. The van der Waals surface area contributed by atoms with Gasteiger partial charge in [0, 0.05) is 38.6 Å². The molecule has 2 aromatic rings. The first kappa shape index (κ1) is 25.2. The molecule has 2 amide bonds. The summed E-state index contributed by atoms with van der Waals surface area (Å²) in [7, 11) is 5.64. The maximum atomic E-state index is 13.3. The van der Waals surface area contributed by atoms with Crippen LogP contribution in [-0.2, 0) is 11.2 Å². The van der Waals surface area contributed by atoms with Gasteiger partial charge in [0.25, 0.3) is 5.91 Å². The summed E-state index contributed by atoms with van der Waals surface area (Å²) in [6.07, 6.45) is 9.08. The van der Waals surface area contributed by atoms with E-state index in [0.29, 0.717) is 11.5 Å². The SMILES string of the molecule is COc1cccc(C[C@@H](C2CCN(C(=O)[C@@H]3CCCCN3C)CC2)N(C)C(=O)c2cccnc2)c1. The Morgan fingerprint density at radius 1 is 1.11 bits per heavy atom. The van der Waals surface area contributed by atoms with Gasteiger partial charge in [0.15, 0.2) is 0 Å². The molecule has 2 saturated heterocycles. The molecule has 7 nitrogen and oxygen atoms in total. The van der Waals surface area contributed by atoms with Crippen LogP contribution in [0.2, 0.25) is 0 Å². The van der Waals surface area contributed by atoms with Crippen LogP contribution >= 0.6 is 0 Å². The van der Waals surface area contributed by atoms with Crippen LogP contribution in [0.4, 0.5) is 0 Å². The molecule has 1 aromatic heterocycles. The summed E-state index contributed by atoms with van der Waals surface area (Å²) < 4.78 is 5.43. The van der Waals surface area contributed by atoms with Crippen molar-refractivity contribution < 1.29 is 14.3 Å². The smallest absolute Gasteiger partial charge is 0.255 e. The van der Waals surface area contributed by atoms with Crippen LogP contribution in [0.5, 0.6) is 5.75 Å².